The summed E-state index contributed by atoms with van der Waals surface area (Å²) in [4.78, 5) is 15.7. The van der Waals surface area contributed by atoms with Gasteiger partial charge in [-0.2, -0.15) is 0 Å². The molecule has 1 atom stereocenters. The monoisotopic (exact) mass is 259 g/mol. The van der Waals surface area contributed by atoms with E-state index in [4.69, 9.17) is 4.74 Å². The average Bonchev–Trinajstić information content (AvgIpc) is 2.63. The number of carbonyl (C=O) groups excluding carboxylic acids is 1. The Morgan fingerprint density at radius 2 is 2.32 bits per heavy atom. The van der Waals surface area contributed by atoms with Gasteiger partial charge in [0, 0.05) is 0 Å². The van der Waals surface area contributed by atoms with Crippen LogP contribution >= 0.6 is 0 Å². The molecule has 4 nitrogen and oxygen atoms in total. The predicted octanol–water partition coefficient (Wildman–Crippen LogP) is 2.19. The first kappa shape index (κ1) is 13.5. The minimum atomic E-state index is -0.922. The number of hydrogen-bond donors (Lipinski definition) is 1. The molecule has 1 unspecified atom stereocenters. The summed E-state index contributed by atoms with van der Waals surface area (Å²) in [5, 5.41) is 9.99. The first-order chi connectivity index (χ1) is 9.20. The van der Waals surface area contributed by atoms with Crippen LogP contribution in [0, 0.1) is 0 Å². The molecule has 1 aromatic heterocycles. The smallest absolute Gasteiger partial charge is 0.308 e. The molecule has 19 heavy (non-hydrogen) atoms. The van der Waals surface area contributed by atoms with Crippen molar-refractivity contribution in [2.24, 2.45) is 0 Å². The number of ether oxygens (including phenoxy) is 1. The lowest BCUT2D eigenvalue weighted by atomic mass is 10.1. The topological polar surface area (TPSA) is 59.4 Å². The Bertz CT molecular complexity index is 520. The van der Waals surface area contributed by atoms with Gasteiger partial charge in [0.05, 0.1) is 24.4 Å². The van der Waals surface area contributed by atoms with Gasteiger partial charge in [-0.25, -0.2) is 0 Å². The molecule has 0 bridgehead atoms. The van der Waals surface area contributed by atoms with Crippen LogP contribution in [0.5, 0.6) is 0 Å². The summed E-state index contributed by atoms with van der Waals surface area (Å²) in [6.45, 7) is 2.06. The quantitative estimate of drug-likeness (QED) is 0.842. The molecule has 0 aromatic carbocycles. The molecule has 0 saturated carbocycles. The molecule has 1 aliphatic rings. The predicted molar refractivity (Wildman–Crippen MR) is 72.3 cm³/mol. The third-order valence-electron chi connectivity index (χ3n) is 2.88. The van der Waals surface area contributed by atoms with Gasteiger partial charge in [0.15, 0.2) is 0 Å². The maximum atomic E-state index is 11.3. The van der Waals surface area contributed by atoms with Gasteiger partial charge in [0.1, 0.15) is 6.10 Å². The van der Waals surface area contributed by atoms with Gasteiger partial charge in [-0.15, -0.1) is 0 Å². The number of allylic oxidation sites excluding steroid dienone is 3. The first-order valence-corrected chi connectivity index (χ1v) is 6.37. The van der Waals surface area contributed by atoms with Gasteiger partial charge in [-0.3, -0.25) is 9.78 Å². The summed E-state index contributed by atoms with van der Waals surface area (Å²) in [6, 6.07) is 3.70. The van der Waals surface area contributed by atoms with Crippen LogP contribution in [0.1, 0.15) is 36.4 Å². The number of aromatic nitrogens is 1. The van der Waals surface area contributed by atoms with E-state index in [0.717, 1.165) is 17.7 Å². The second kappa shape index (κ2) is 6.29. The molecule has 0 spiro atoms. The highest BCUT2D eigenvalue weighted by Gasteiger charge is 2.16. The Labute approximate surface area is 112 Å². The highest BCUT2D eigenvalue weighted by atomic mass is 16.5. The number of hydrogen-bond acceptors (Lipinski definition) is 4. The third kappa shape index (κ3) is 3.51. The van der Waals surface area contributed by atoms with E-state index in [-0.39, 0.29) is 6.42 Å². The summed E-state index contributed by atoms with van der Waals surface area (Å²) in [5.41, 5.74) is 2.45. The van der Waals surface area contributed by atoms with Gasteiger partial charge >= 0.3 is 5.97 Å². The summed E-state index contributed by atoms with van der Waals surface area (Å²) in [5.74, 6) is -0.413. The Hall–Kier alpha value is -1.94. The van der Waals surface area contributed by atoms with Crippen molar-refractivity contribution in [1.29, 1.82) is 0 Å². The number of rotatable bonds is 4. The number of nitrogens with zero attached hydrogens (tertiary/aromatic N) is 1. The molecule has 0 radical (unpaired) electrons. The first-order valence-electron chi connectivity index (χ1n) is 6.37. The second-order valence-corrected chi connectivity index (χ2v) is 4.30. The lowest BCUT2D eigenvalue weighted by Gasteiger charge is -2.11. The van der Waals surface area contributed by atoms with Gasteiger partial charge in [-0.05, 0) is 31.1 Å². The molecule has 1 aliphatic carbocycles. The van der Waals surface area contributed by atoms with Crippen molar-refractivity contribution in [3.05, 3.63) is 47.3 Å². The van der Waals surface area contributed by atoms with Crippen LogP contribution in [0.3, 0.4) is 0 Å². The number of esters is 1. The lowest BCUT2D eigenvalue weighted by Crippen LogP contribution is -2.11. The highest BCUT2D eigenvalue weighted by molar-refractivity contribution is 5.70. The van der Waals surface area contributed by atoms with Gasteiger partial charge < -0.3 is 9.84 Å². The van der Waals surface area contributed by atoms with E-state index < -0.39 is 12.1 Å². The van der Waals surface area contributed by atoms with E-state index in [1.54, 1.807) is 13.0 Å². The molecule has 0 saturated heterocycles. The van der Waals surface area contributed by atoms with E-state index in [2.05, 4.69) is 11.1 Å². The van der Waals surface area contributed by atoms with Crippen molar-refractivity contribution >= 4 is 12.0 Å². The van der Waals surface area contributed by atoms with Crippen LogP contribution < -0.4 is 0 Å². The Balaban J connectivity index is 2.13. The fourth-order valence-corrected chi connectivity index (χ4v) is 1.92. The van der Waals surface area contributed by atoms with Crippen LogP contribution in [0.2, 0.25) is 0 Å². The molecule has 100 valence electrons. The number of carbonyl (C=O) groups is 1. The number of pyridine rings is 1. The second-order valence-electron chi connectivity index (χ2n) is 4.30. The zero-order valence-corrected chi connectivity index (χ0v) is 10.9. The Kier molecular flexibility index (Phi) is 4.47. The van der Waals surface area contributed by atoms with E-state index in [9.17, 15) is 9.90 Å². The lowest BCUT2D eigenvalue weighted by molar-refractivity contribution is -0.145. The molecule has 0 fully saturated rings. The molecular weight excluding hydrogens is 242 g/mol. The van der Waals surface area contributed by atoms with Crippen LogP contribution in [-0.4, -0.2) is 22.7 Å². The van der Waals surface area contributed by atoms with Crippen molar-refractivity contribution in [1.82, 2.24) is 4.98 Å². The summed E-state index contributed by atoms with van der Waals surface area (Å²) >= 11 is 0. The standard InChI is InChI=1S/C15H17NO3/c1-2-19-15(18)10-14(17)13-9-8-11-6-4-3-5-7-12(11)16-13/h3-5,7-9,14,17H,2,6,10H2,1H3. The van der Waals surface area contributed by atoms with E-state index in [1.807, 2.05) is 24.3 Å². The molecule has 1 heterocycles. The van der Waals surface area contributed by atoms with Crippen molar-refractivity contribution in [2.45, 2.75) is 25.9 Å². The van der Waals surface area contributed by atoms with Crippen molar-refractivity contribution in [3.8, 4) is 0 Å². The number of fused-ring (bicyclic) bond motifs is 1. The molecule has 1 aromatic rings. The molecule has 1 N–H and O–H groups in total. The Morgan fingerprint density at radius 1 is 1.47 bits per heavy atom. The van der Waals surface area contributed by atoms with Crippen LogP contribution in [0.15, 0.2) is 30.4 Å². The molecular formula is C15H17NO3. The number of aliphatic hydroxyl groups is 1. The van der Waals surface area contributed by atoms with Gasteiger partial charge in [-0.1, -0.05) is 24.3 Å². The molecule has 2 rings (SSSR count). The SMILES string of the molecule is CCOC(=O)CC(O)c1ccc2c(n1)C=CC=CC2. The van der Waals surface area contributed by atoms with E-state index in [1.165, 1.54) is 0 Å². The Morgan fingerprint density at radius 3 is 3.11 bits per heavy atom. The van der Waals surface area contributed by atoms with Gasteiger partial charge in [0.25, 0.3) is 0 Å². The maximum Gasteiger partial charge on any atom is 0.308 e. The maximum absolute atomic E-state index is 11.3. The van der Waals surface area contributed by atoms with Crippen LogP contribution in [0.4, 0.5) is 0 Å². The third-order valence-corrected chi connectivity index (χ3v) is 2.88. The van der Waals surface area contributed by atoms with E-state index >= 15 is 0 Å². The fourth-order valence-electron chi connectivity index (χ4n) is 1.92. The largest absolute Gasteiger partial charge is 0.466 e. The molecule has 0 amide bonds. The summed E-state index contributed by atoms with van der Waals surface area (Å²) < 4.78 is 4.82. The van der Waals surface area contributed by atoms with Crippen LogP contribution in [0.25, 0.3) is 6.08 Å². The van der Waals surface area contributed by atoms with Crippen molar-refractivity contribution in [3.63, 3.8) is 0 Å². The van der Waals surface area contributed by atoms with E-state index in [0.29, 0.717) is 12.3 Å². The minimum absolute atomic E-state index is 0.0679. The zero-order chi connectivity index (χ0) is 13.7. The van der Waals surface area contributed by atoms with Gasteiger partial charge in [0.2, 0.25) is 0 Å². The normalized spacial score (nSPS) is 14.6. The minimum Gasteiger partial charge on any atom is -0.466 e. The zero-order valence-electron chi connectivity index (χ0n) is 10.9. The van der Waals surface area contributed by atoms with Crippen LogP contribution in [-0.2, 0) is 16.0 Å². The highest BCUT2D eigenvalue weighted by Crippen LogP contribution is 2.20. The fraction of sp³-hybridized carbons (Fsp3) is 0.333. The summed E-state index contributed by atoms with van der Waals surface area (Å²) in [6.07, 6.45) is 7.68. The summed E-state index contributed by atoms with van der Waals surface area (Å²) in [7, 11) is 0. The van der Waals surface area contributed by atoms with Crippen molar-refractivity contribution < 1.29 is 14.6 Å². The van der Waals surface area contributed by atoms with Crippen molar-refractivity contribution in [2.75, 3.05) is 6.61 Å². The average molecular weight is 259 g/mol. The molecule has 0 aliphatic heterocycles. The number of aliphatic hydroxyl groups excluding tert-OH is 1. The molecule has 4 heteroatoms.